The van der Waals surface area contributed by atoms with Crippen LogP contribution in [0.4, 0.5) is 0 Å². The molecule has 0 aliphatic rings. The third-order valence-electron chi connectivity index (χ3n) is 3.21. The summed E-state index contributed by atoms with van der Waals surface area (Å²) in [5, 5.41) is 31.1. The van der Waals surface area contributed by atoms with Crippen molar-refractivity contribution < 1.29 is 19.5 Å². The third-order valence-corrected chi connectivity index (χ3v) is 3.21. The van der Waals surface area contributed by atoms with Gasteiger partial charge in [-0.15, -0.1) is 5.10 Å². The number of hydrogen-bond donors (Lipinski definition) is 4. The molecule has 0 aliphatic carbocycles. The molecule has 1 heterocycles. The van der Waals surface area contributed by atoms with Gasteiger partial charge in [0.1, 0.15) is 6.54 Å². The molecule has 1 aromatic rings. The van der Waals surface area contributed by atoms with Crippen molar-refractivity contribution in [3.8, 4) is 0 Å². The number of nitrogens with zero attached hydrogens (tertiary/aromatic N) is 4. The topological polar surface area (TPSA) is 148 Å². The minimum Gasteiger partial charge on any atom is -0.402 e. The summed E-state index contributed by atoms with van der Waals surface area (Å²) in [6.45, 7) is 2.96. The van der Waals surface area contributed by atoms with Crippen molar-refractivity contribution in [3.05, 3.63) is 5.82 Å². The molecule has 11 heteroatoms. The molecule has 0 aliphatic heterocycles. The molecule has 1 aromatic heterocycles. The highest BCUT2D eigenvalue weighted by Crippen LogP contribution is 2.13. The van der Waals surface area contributed by atoms with Gasteiger partial charge in [0.05, 0.1) is 6.04 Å². The zero-order valence-electron chi connectivity index (χ0n) is 13.4. The minimum atomic E-state index is -1.75. The Hall–Kier alpha value is -1.56. The first-order chi connectivity index (χ1) is 11.0. The van der Waals surface area contributed by atoms with Crippen LogP contribution in [0.15, 0.2) is 0 Å². The van der Waals surface area contributed by atoms with Crippen LogP contribution in [0.2, 0.25) is 0 Å². The van der Waals surface area contributed by atoms with Crippen molar-refractivity contribution in [3.63, 3.8) is 0 Å². The van der Waals surface area contributed by atoms with Crippen molar-refractivity contribution >= 4 is 13.2 Å². The molecule has 1 unspecified atom stereocenters. The Labute approximate surface area is 135 Å². The lowest BCUT2D eigenvalue weighted by Gasteiger charge is -2.11. The van der Waals surface area contributed by atoms with Gasteiger partial charge >= 0.3 is 7.32 Å². The van der Waals surface area contributed by atoms with Crippen LogP contribution < -0.4 is 11.1 Å². The second kappa shape index (κ2) is 11.1. The van der Waals surface area contributed by atoms with Gasteiger partial charge in [-0.2, -0.15) is 0 Å². The van der Waals surface area contributed by atoms with Gasteiger partial charge in [-0.3, -0.25) is 4.79 Å². The summed E-state index contributed by atoms with van der Waals surface area (Å²) in [6, 6.07) is -0.396. The lowest BCUT2D eigenvalue weighted by atomic mass is 10.1. The highest BCUT2D eigenvalue weighted by atomic mass is 16.6. The monoisotopic (exact) mass is 328 g/mol. The smallest absolute Gasteiger partial charge is 0.402 e. The zero-order chi connectivity index (χ0) is 17.1. The van der Waals surface area contributed by atoms with Gasteiger partial charge in [0, 0.05) is 13.2 Å². The minimum absolute atomic E-state index is 0.0412. The maximum atomic E-state index is 11.8. The van der Waals surface area contributed by atoms with Gasteiger partial charge in [-0.25, -0.2) is 4.68 Å². The Kier molecular flexibility index (Phi) is 9.37. The summed E-state index contributed by atoms with van der Waals surface area (Å²) in [4.78, 5) is 11.8. The van der Waals surface area contributed by atoms with E-state index in [0.717, 1.165) is 12.8 Å². The van der Waals surface area contributed by atoms with Crippen LogP contribution in [0.1, 0.15) is 50.9 Å². The molecule has 0 bridgehead atoms. The van der Waals surface area contributed by atoms with Gasteiger partial charge < -0.3 is 25.8 Å². The Morgan fingerprint density at radius 3 is 2.91 bits per heavy atom. The molecule has 0 aromatic carbocycles. The predicted molar refractivity (Wildman–Crippen MR) is 82.7 cm³/mol. The normalized spacial score (nSPS) is 12.2. The van der Waals surface area contributed by atoms with Crippen molar-refractivity contribution in [2.75, 3.05) is 13.2 Å². The fourth-order valence-electron chi connectivity index (χ4n) is 1.97. The lowest BCUT2D eigenvalue weighted by Crippen LogP contribution is -2.30. The summed E-state index contributed by atoms with van der Waals surface area (Å²) in [5.41, 5.74) is 6.05. The van der Waals surface area contributed by atoms with E-state index in [4.69, 9.17) is 15.8 Å². The van der Waals surface area contributed by atoms with Crippen LogP contribution in [-0.4, -0.2) is 56.6 Å². The lowest BCUT2D eigenvalue weighted by molar-refractivity contribution is -0.121. The summed E-state index contributed by atoms with van der Waals surface area (Å²) in [5.74, 6) is 0.309. The number of amides is 1. The summed E-state index contributed by atoms with van der Waals surface area (Å²) >= 11 is 0. The maximum Gasteiger partial charge on any atom is 0.633 e. The highest BCUT2D eigenvalue weighted by molar-refractivity contribution is 6.32. The average molecular weight is 328 g/mol. The Balaban J connectivity index is 2.36. The number of rotatable bonds is 12. The average Bonchev–Trinajstić information content (AvgIpc) is 2.94. The van der Waals surface area contributed by atoms with E-state index in [1.54, 1.807) is 0 Å². The number of carbonyl (C=O) groups is 1. The molecule has 1 amide bonds. The van der Waals surface area contributed by atoms with Crippen LogP contribution in [-0.2, 0) is 16.0 Å². The summed E-state index contributed by atoms with van der Waals surface area (Å²) in [6.07, 6.45) is 3.88. The molecule has 0 radical (unpaired) electrons. The second-order valence-corrected chi connectivity index (χ2v) is 5.20. The Morgan fingerprint density at radius 2 is 2.22 bits per heavy atom. The number of hydrogen-bond acceptors (Lipinski definition) is 8. The molecule has 23 heavy (non-hydrogen) atoms. The standard InChI is InChI=1S/C12H25BN6O4/c1-2-3-7-15-11(20)9-19-12(16-17-18-19)10(14)6-4-5-8-23-13(21)22/h10,21-22H,2-9,14H2,1H3,(H,15,20). The van der Waals surface area contributed by atoms with E-state index in [9.17, 15) is 4.79 Å². The van der Waals surface area contributed by atoms with Gasteiger partial charge in [0.25, 0.3) is 0 Å². The van der Waals surface area contributed by atoms with E-state index < -0.39 is 13.4 Å². The summed E-state index contributed by atoms with van der Waals surface area (Å²) in [7, 11) is -1.75. The fourth-order valence-corrected chi connectivity index (χ4v) is 1.97. The first-order valence-corrected chi connectivity index (χ1v) is 7.80. The van der Waals surface area contributed by atoms with Crippen molar-refractivity contribution in [1.29, 1.82) is 0 Å². The van der Waals surface area contributed by atoms with E-state index in [1.165, 1.54) is 4.68 Å². The van der Waals surface area contributed by atoms with E-state index >= 15 is 0 Å². The molecule has 0 saturated heterocycles. The molecule has 0 saturated carbocycles. The van der Waals surface area contributed by atoms with Crippen LogP contribution in [0.25, 0.3) is 0 Å². The first-order valence-electron chi connectivity index (χ1n) is 7.80. The van der Waals surface area contributed by atoms with E-state index in [0.29, 0.717) is 31.6 Å². The Bertz CT molecular complexity index is 459. The number of tetrazole rings is 1. The molecule has 0 spiro atoms. The number of carbonyl (C=O) groups excluding carboxylic acids is 1. The highest BCUT2D eigenvalue weighted by Gasteiger charge is 2.17. The van der Waals surface area contributed by atoms with Gasteiger partial charge in [0.15, 0.2) is 5.82 Å². The zero-order valence-corrected chi connectivity index (χ0v) is 13.4. The summed E-state index contributed by atoms with van der Waals surface area (Å²) < 4.78 is 6.01. The van der Waals surface area contributed by atoms with E-state index in [1.807, 2.05) is 0 Å². The molecular formula is C12H25BN6O4. The number of aromatic nitrogens is 4. The predicted octanol–water partition coefficient (Wildman–Crippen LogP) is -1.25. The van der Waals surface area contributed by atoms with Crippen LogP contribution in [0.3, 0.4) is 0 Å². The SMILES string of the molecule is CCCCNC(=O)Cn1nnnc1C(N)CCCCOB(O)O. The molecule has 10 nitrogen and oxygen atoms in total. The molecular weight excluding hydrogens is 303 g/mol. The van der Waals surface area contributed by atoms with E-state index in [-0.39, 0.29) is 19.1 Å². The Morgan fingerprint density at radius 1 is 1.43 bits per heavy atom. The molecule has 5 N–H and O–H groups in total. The fraction of sp³-hybridized carbons (Fsp3) is 0.833. The van der Waals surface area contributed by atoms with Crippen molar-refractivity contribution in [2.45, 2.75) is 51.6 Å². The maximum absolute atomic E-state index is 11.8. The number of nitrogens with two attached hydrogens (primary N) is 1. The molecule has 0 fully saturated rings. The first kappa shape index (κ1) is 19.5. The van der Waals surface area contributed by atoms with Crippen molar-refractivity contribution in [1.82, 2.24) is 25.5 Å². The molecule has 130 valence electrons. The van der Waals surface area contributed by atoms with Crippen LogP contribution in [0, 0.1) is 0 Å². The quantitative estimate of drug-likeness (QED) is 0.275. The molecule has 1 rings (SSSR count). The van der Waals surface area contributed by atoms with Gasteiger partial charge in [-0.1, -0.05) is 13.3 Å². The van der Waals surface area contributed by atoms with Crippen LogP contribution in [0.5, 0.6) is 0 Å². The van der Waals surface area contributed by atoms with E-state index in [2.05, 4.69) is 32.4 Å². The van der Waals surface area contributed by atoms with Crippen molar-refractivity contribution in [2.24, 2.45) is 5.73 Å². The molecule has 1 atom stereocenters. The largest absolute Gasteiger partial charge is 0.633 e. The number of nitrogens with one attached hydrogen (secondary N) is 1. The van der Waals surface area contributed by atoms with Crippen LogP contribution >= 0.6 is 0 Å². The number of unbranched alkanes of at least 4 members (excludes halogenated alkanes) is 2. The van der Waals surface area contributed by atoms with Gasteiger partial charge in [-0.05, 0) is 36.1 Å². The third kappa shape index (κ3) is 8.02. The van der Waals surface area contributed by atoms with Gasteiger partial charge in [0.2, 0.25) is 5.91 Å². The second-order valence-electron chi connectivity index (χ2n) is 5.20.